The number of carbonyl (C=O) groups is 2. The number of anilines is 2. The van der Waals surface area contributed by atoms with E-state index in [4.69, 9.17) is 0 Å². The van der Waals surface area contributed by atoms with Crippen molar-refractivity contribution in [3.8, 4) is 11.1 Å². The van der Waals surface area contributed by atoms with Crippen molar-refractivity contribution in [3.63, 3.8) is 0 Å². The zero-order valence-corrected chi connectivity index (χ0v) is 18.6. The Morgan fingerprint density at radius 1 is 0.727 bits per heavy atom. The maximum Gasteiger partial charge on any atom is 0.258 e. The van der Waals surface area contributed by atoms with Gasteiger partial charge in [0.05, 0.1) is 12.2 Å². The van der Waals surface area contributed by atoms with Crippen molar-refractivity contribution < 1.29 is 9.59 Å². The topological polar surface area (TPSA) is 49.4 Å². The molecule has 1 aliphatic rings. The first-order valence-corrected chi connectivity index (χ1v) is 11.0. The van der Waals surface area contributed by atoms with Crippen LogP contribution in [0.4, 0.5) is 11.4 Å². The molecule has 0 spiro atoms. The van der Waals surface area contributed by atoms with Gasteiger partial charge in [0, 0.05) is 22.4 Å². The monoisotopic (exact) mass is 432 g/mol. The lowest BCUT2D eigenvalue weighted by Gasteiger charge is -2.31. The maximum atomic E-state index is 13.5. The van der Waals surface area contributed by atoms with Gasteiger partial charge in [0.15, 0.2) is 0 Å². The van der Waals surface area contributed by atoms with Crippen molar-refractivity contribution in [1.82, 2.24) is 0 Å². The predicted octanol–water partition coefficient (Wildman–Crippen LogP) is 6.38. The van der Waals surface area contributed by atoms with Crippen LogP contribution in [0, 0.1) is 13.8 Å². The van der Waals surface area contributed by atoms with Crippen LogP contribution >= 0.6 is 0 Å². The van der Waals surface area contributed by atoms with Gasteiger partial charge in [-0.15, -0.1) is 0 Å². The molecular formula is C29H24N2O2. The molecule has 4 aromatic rings. The number of hydrogen-bond acceptors (Lipinski definition) is 2. The molecule has 2 amide bonds. The summed E-state index contributed by atoms with van der Waals surface area (Å²) in [6.45, 7) is 4.38. The number of nitrogens with one attached hydrogen (secondary N) is 1. The Morgan fingerprint density at radius 2 is 1.36 bits per heavy atom. The van der Waals surface area contributed by atoms with E-state index in [1.165, 1.54) is 5.56 Å². The molecule has 33 heavy (non-hydrogen) atoms. The molecule has 0 aromatic heterocycles. The van der Waals surface area contributed by atoms with E-state index in [0.717, 1.165) is 27.9 Å². The number of nitrogens with zero attached hydrogens (tertiary/aromatic N) is 1. The zero-order chi connectivity index (χ0) is 22.9. The fourth-order valence-electron chi connectivity index (χ4n) is 4.51. The Balaban J connectivity index is 1.39. The highest BCUT2D eigenvalue weighted by atomic mass is 16.2. The summed E-state index contributed by atoms with van der Waals surface area (Å²) in [5, 5.41) is 2.95. The molecule has 0 fully saturated rings. The largest absolute Gasteiger partial charge is 0.322 e. The summed E-state index contributed by atoms with van der Waals surface area (Å²) in [6.07, 6.45) is 0. The number of fused-ring (bicyclic) bond motifs is 3. The Bertz CT molecular complexity index is 1350. The third kappa shape index (κ3) is 3.80. The minimum absolute atomic E-state index is 0.0652. The summed E-state index contributed by atoms with van der Waals surface area (Å²) < 4.78 is 0. The number of rotatable bonds is 3. The van der Waals surface area contributed by atoms with Crippen LogP contribution < -0.4 is 10.2 Å². The van der Waals surface area contributed by atoms with Crippen molar-refractivity contribution in [2.75, 3.05) is 10.2 Å². The van der Waals surface area contributed by atoms with Gasteiger partial charge in [-0.25, -0.2) is 0 Å². The normalized spacial score (nSPS) is 12.0. The van der Waals surface area contributed by atoms with E-state index in [0.29, 0.717) is 23.4 Å². The second-order valence-corrected chi connectivity index (χ2v) is 8.36. The Kier molecular flexibility index (Phi) is 5.27. The molecule has 5 rings (SSSR count). The van der Waals surface area contributed by atoms with Gasteiger partial charge in [0.25, 0.3) is 11.8 Å². The lowest BCUT2D eigenvalue weighted by atomic mass is 9.93. The third-order valence-corrected chi connectivity index (χ3v) is 6.17. The molecular weight excluding hydrogens is 408 g/mol. The molecule has 0 bridgehead atoms. The van der Waals surface area contributed by atoms with E-state index in [9.17, 15) is 9.59 Å². The van der Waals surface area contributed by atoms with Crippen LogP contribution in [0.1, 0.15) is 37.4 Å². The average Bonchev–Trinajstić information content (AvgIpc) is 2.83. The summed E-state index contributed by atoms with van der Waals surface area (Å²) in [6, 6.07) is 29.1. The smallest absolute Gasteiger partial charge is 0.258 e. The fourth-order valence-corrected chi connectivity index (χ4v) is 4.51. The Hall–Kier alpha value is -4.18. The summed E-state index contributed by atoms with van der Waals surface area (Å²) >= 11 is 0. The van der Waals surface area contributed by atoms with Crippen molar-refractivity contribution in [1.29, 1.82) is 0 Å². The van der Waals surface area contributed by atoms with E-state index in [1.54, 1.807) is 24.3 Å². The first kappa shape index (κ1) is 20.7. The van der Waals surface area contributed by atoms with Gasteiger partial charge in [-0.2, -0.15) is 0 Å². The first-order valence-electron chi connectivity index (χ1n) is 11.0. The number of aryl methyl sites for hydroxylation is 2. The van der Waals surface area contributed by atoms with Gasteiger partial charge in [-0.05, 0) is 66.4 Å². The standard InChI is InChI=1S/C29H24N2O2/c1-19-8-7-9-20(2)27(19)28(32)30-23-16-14-21(15-17-23)29(33)31-18-22-10-3-4-11-24(22)25-12-5-6-13-26(25)31/h3-17H,18H2,1-2H3,(H,30,32). The van der Waals surface area contributed by atoms with Crippen LogP contribution in [-0.2, 0) is 6.54 Å². The molecule has 4 aromatic carbocycles. The molecule has 0 atom stereocenters. The highest BCUT2D eigenvalue weighted by Crippen LogP contribution is 2.39. The van der Waals surface area contributed by atoms with Crippen LogP contribution in [0.5, 0.6) is 0 Å². The zero-order valence-electron chi connectivity index (χ0n) is 18.6. The van der Waals surface area contributed by atoms with E-state index in [2.05, 4.69) is 23.5 Å². The van der Waals surface area contributed by atoms with Crippen LogP contribution in [0.25, 0.3) is 11.1 Å². The Labute approximate surface area is 193 Å². The lowest BCUT2D eigenvalue weighted by Crippen LogP contribution is -2.33. The summed E-state index contributed by atoms with van der Waals surface area (Å²) in [7, 11) is 0. The van der Waals surface area contributed by atoms with Crippen molar-refractivity contribution in [3.05, 3.63) is 119 Å². The van der Waals surface area contributed by atoms with Gasteiger partial charge in [0.1, 0.15) is 0 Å². The van der Waals surface area contributed by atoms with Crippen LogP contribution in [0.2, 0.25) is 0 Å². The molecule has 0 radical (unpaired) electrons. The number of amides is 2. The Morgan fingerprint density at radius 3 is 2.09 bits per heavy atom. The van der Waals surface area contributed by atoms with Crippen molar-refractivity contribution in [2.24, 2.45) is 0 Å². The molecule has 4 heteroatoms. The number of benzene rings is 4. The first-order chi connectivity index (χ1) is 16.0. The van der Waals surface area contributed by atoms with Crippen LogP contribution in [0.15, 0.2) is 91.0 Å². The number of carbonyl (C=O) groups excluding carboxylic acids is 2. The minimum Gasteiger partial charge on any atom is -0.322 e. The molecule has 1 N–H and O–H groups in total. The predicted molar refractivity (Wildman–Crippen MR) is 133 cm³/mol. The van der Waals surface area contributed by atoms with Crippen LogP contribution in [-0.4, -0.2) is 11.8 Å². The fraction of sp³-hybridized carbons (Fsp3) is 0.103. The summed E-state index contributed by atoms with van der Waals surface area (Å²) in [5.74, 6) is -0.212. The molecule has 0 unspecified atom stereocenters. The number of hydrogen-bond donors (Lipinski definition) is 1. The number of para-hydroxylation sites is 1. The van der Waals surface area contributed by atoms with Crippen molar-refractivity contribution >= 4 is 23.2 Å². The highest BCUT2D eigenvalue weighted by molar-refractivity contribution is 6.10. The maximum absolute atomic E-state index is 13.5. The second-order valence-electron chi connectivity index (χ2n) is 8.36. The van der Waals surface area contributed by atoms with Gasteiger partial charge in [-0.1, -0.05) is 60.7 Å². The van der Waals surface area contributed by atoms with E-state index in [1.807, 2.05) is 67.3 Å². The lowest BCUT2D eigenvalue weighted by molar-refractivity contribution is 0.0983. The molecule has 0 aliphatic carbocycles. The minimum atomic E-state index is -0.147. The molecule has 0 saturated carbocycles. The summed E-state index contributed by atoms with van der Waals surface area (Å²) in [4.78, 5) is 28.1. The van der Waals surface area contributed by atoms with E-state index in [-0.39, 0.29) is 11.8 Å². The second kappa shape index (κ2) is 8.40. The van der Waals surface area contributed by atoms with Crippen molar-refractivity contribution in [2.45, 2.75) is 20.4 Å². The SMILES string of the molecule is Cc1cccc(C)c1C(=O)Nc1ccc(C(=O)N2Cc3ccccc3-c3ccccc32)cc1. The molecule has 162 valence electrons. The third-order valence-electron chi connectivity index (χ3n) is 6.17. The van der Waals surface area contributed by atoms with Crippen LogP contribution in [0.3, 0.4) is 0 Å². The molecule has 1 aliphatic heterocycles. The van der Waals surface area contributed by atoms with Gasteiger partial charge in [-0.3, -0.25) is 9.59 Å². The molecule has 4 nitrogen and oxygen atoms in total. The quantitative estimate of drug-likeness (QED) is 0.408. The van der Waals surface area contributed by atoms with E-state index >= 15 is 0 Å². The highest BCUT2D eigenvalue weighted by Gasteiger charge is 2.26. The average molecular weight is 433 g/mol. The molecule has 1 heterocycles. The molecule has 0 saturated heterocycles. The van der Waals surface area contributed by atoms with Gasteiger partial charge in [0.2, 0.25) is 0 Å². The van der Waals surface area contributed by atoms with Gasteiger partial charge >= 0.3 is 0 Å². The van der Waals surface area contributed by atoms with E-state index < -0.39 is 0 Å². The van der Waals surface area contributed by atoms with Gasteiger partial charge < -0.3 is 10.2 Å². The summed E-state index contributed by atoms with van der Waals surface area (Å²) in [5.41, 5.74) is 8.05.